The van der Waals surface area contributed by atoms with E-state index in [0.717, 1.165) is 6.20 Å². The Kier molecular flexibility index (Phi) is 4.75. The van der Waals surface area contributed by atoms with Crippen molar-refractivity contribution in [3.05, 3.63) is 12.8 Å². The van der Waals surface area contributed by atoms with Gasteiger partial charge in [-0.3, -0.25) is 8.86 Å². The van der Waals surface area contributed by atoms with Crippen molar-refractivity contribution < 1.29 is 13.0 Å². The van der Waals surface area contributed by atoms with Crippen LogP contribution in [0.2, 0.25) is 0 Å². The number of hydrogen-bond acceptors (Lipinski definition) is 2. The third-order valence-corrected chi connectivity index (χ3v) is 1.50. The van der Waals surface area contributed by atoms with Gasteiger partial charge < -0.3 is 0 Å². The molecule has 1 N–H and O–H groups in total. The van der Waals surface area contributed by atoms with Crippen molar-refractivity contribution in [1.82, 2.24) is 4.31 Å². The Balaban J connectivity index is 0. The van der Waals surface area contributed by atoms with Gasteiger partial charge in [-0.25, -0.2) is 0 Å². The molecule has 0 rings (SSSR count). The van der Waals surface area contributed by atoms with Crippen molar-refractivity contribution in [3.8, 4) is 0 Å². The molecule has 0 aromatic rings. The molecule has 0 amide bonds. The van der Waals surface area contributed by atoms with Gasteiger partial charge in [0.25, 0.3) is 0 Å². The first-order chi connectivity index (χ1) is 3.48. The van der Waals surface area contributed by atoms with Gasteiger partial charge in [-0.1, -0.05) is 6.58 Å². The summed E-state index contributed by atoms with van der Waals surface area (Å²) in [6.45, 7) is 3.11. The lowest BCUT2D eigenvalue weighted by Crippen LogP contribution is -2.19. The standard InChI is InChI=1S/C3H7NO3S.ClH/c1-3-4(2)8(5,6)7;/h3H,1H2,2H3,(H,5,6,7);1H. The molecule has 0 atom stereocenters. The number of hydrogen-bond donors (Lipinski definition) is 1. The molecule has 0 aromatic heterocycles. The van der Waals surface area contributed by atoms with Crippen LogP contribution >= 0.6 is 12.4 Å². The van der Waals surface area contributed by atoms with Gasteiger partial charge >= 0.3 is 10.3 Å². The van der Waals surface area contributed by atoms with Crippen molar-refractivity contribution in [1.29, 1.82) is 0 Å². The molecular formula is C3H8ClNO3S. The number of rotatable bonds is 2. The Morgan fingerprint density at radius 2 is 2.00 bits per heavy atom. The highest BCUT2D eigenvalue weighted by atomic mass is 35.5. The third-order valence-electron chi connectivity index (χ3n) is 0.621. The number of nitrogens with zero attached hydrogens (tertiary/aromatic N) is 1. The Bertz CT molecular complexity index is 175. The zero-order valence-corrected chi connectivity index (χ0v) is 6.44. The van der Waals surface area contributed by atoms with Crippen molar-refractivity contribution in [2.75, 3.05) is 7.05 Å². The fraction of sp³-hybridized carbons (Fsp3) is 0.333. The molecule has 0 fully saturated rings. The molecule has 0 heterocycles. The quantitative estimate of drug-likeness (QED) is 0.611. The second-order valence-electron chi connectivity index (χ2n) is 1.18. The van der Waals surface area contributed by atoms with Gasteiger partial charge in [0.1, 0.15) is 0 Å². The third kappa shape index (κ3) is 4.26. The predicted octanol–water partition coefficient (Wildman–Crippen LogP) is 0.286. The lowest BCUT2D eigenvalue weighted by molar-refractivity contribution is 0.429. The maximum atomic E-state index is 9.97. The van der Waals surface area contributed by atoms with Gasteiger partial charge in [-0.2, -0.15) is 8.42 Å². The highest BCUT2D eigenvalue weighted by Gasteiger charge is 2.05. The van der Waals surface area contributed by atoms with Crippen LogP contribution in [0.3, 0.4) is 0 Å². The summed E-state index contributed by atoms with van der Waals surface area (Å²) in [4.78, 5) is 0. The molecule has 0 spiro atoms. The summed E-state index contributed by atoms with van der Waals surface area (Å²) in [7, 11) is -2.85. The van der Waals surface area contributed by atoms with Crippen molar-refractivity contribution in [3.63, 3.8) is 0 Å². The second kappa shape index (κ2) is 3.71. The van der Waals surface area contributed by atoms with E-state index in [0.29, 0.717) is 4.31 Å². The van der Waals surface area contributed by atoms with E-state index in [1.54, 1.807) is 0 Å². The molecular weight excluding hydrogens is 166 g/mol. The fourth-order valence-electron chi connectivity index (χ4n) is 0.0942. The van der Waals surface area contributed by atoms with E-state index in [2.05, 4.69) is 6.58 Å². The van der Waals surface area contributed by atoms with E-state index < -0.39 is 10.3 Å². The van der Waals surface area contributed by atoms with E-state index in [9.17, 15) is 8.42 Å². The minimum absolute atomic E-state index is 0. The average molecular weight is 174 g/mol. The summed E-state index contributed by atoms with van der Waals surface area (Å²) >= 11 is 0. The maximum Gasteiger partial charge on any atom is 0.359 e. The minimum Gasteiger partial charge on any atom is -0.269 e. The summed E-state index contributed by atoms with van der Waals surface area (Å²) in [5.74, 6) is 0. The molecule has 0 bridgehead atoms. The van der Waals surface area contributed by atoms with Crippen LogP contribution in [-0.2, 0) is 10.3 Å². The first kappa shape index (κ1) is 11.5. The molecule has 4 nitrogen and oxygen atoms in total. The van der Waals surface area contributed by atoms with E-state index in [1.165, 1.54) is 7.05 Å². The Hall–Kier alpha value is -0.260. The lowest BCUT2D eigenvalue weighted by atomic mass is 11.0. The molecule has 0 aliphatic carbocycles. The highest BCUT2D eigenvalue weighted by Crippen LogP contribution is 1.89. The normalized spacial score (nSPS) is 9.56. The van der Waals surface area contributed by atoms with Crippen LogP contribution in [0, 0.1) is 0 Å². The number of halogens is 1. The fourth-order valence-corrected chi connectivity index (χ4v) is 0.283. The average Bonchev–Trinajstić information content (AvgIpc) is 1.62. The first-order valence-corrected chi connectivity index (χ1v) is 3.21. The van der Waals surface area contributed by atoms with Crippen LogP contribution in [0.15, 0.2) is 12.8 Å². The highest BCUT2D eigenvalue weighted by molar-refractivity contribution is 7.83. The Morgan fingerprint density at radius 1 is 1.67 bits per heavy atom. The summed E-state index contributed by atoms with van der Waals surface area (Å²) in [5, 5.41) is 0. The van der Waals surface area contributed by atoms with Gasteiger partial charge in [-0.05, 0) is 0 Å². The van der Waals surface area contributed by atoms with Gasteiger partial charge in [0.2, 0.25) is 0 Å². The maximum absolute atomic E-state index is 9.97. The Morgan fingerprint density at radius 3 is 2.00 bits per heavy atom. The summed E-state index contributed by atoms with van der Waals surface area (Å²) in [6.07, 6.45) is 0.995. The summed E-state index contributed by atoms with van der Waals surface area (Å²) in [5.41, 5.74) is 0. The van der Waals surface area contributed by atoms with E-state index in [1.807, 2.05) is 0 Å². The summed E-state index contributed by atoms with van der Waals surface area (Å²) < 4.78 is 28.7. The predicted molar refractivity (Wildman–Crippen MR) is 36.8 cm³/mol. The van der Waals surface area contributed by atoms with Gasteiger partial charge in [0.05, 0.1) is 0 Å². The molecule has 0 saturated carbocycles. The molecule has 0 unspecified atom stereocenters. The monoisotopic (exact) mass is 173 g/mol. The molecule has 0 aliphatic heterocycles. The van der Waals surface area contributed by atoms with Crippen LogP contribution in [-0.4, -0.2) is 24.3 Å². The van der Waals surface area contributed by atoms with Crippen molar-refractivity contribution in [2.24, 2.45) is 0 Å². The van der Waals surface area contributed by atoms with Crippen molar-refractivity contribution >= 4 is 22.7 Å². The van der Waals surface area contributed by atoms with Crippen molar-refractivity contribution in [2.45, 2.75) is 0 Å². The molecule has 0 saturated heterocycles. The van der Waals surface area contributed by atoms with Crippen LogP contribution < -0.4 is 0 Å². The zero-order chi connectivity index (χ0) is 6.78. The van der Waals surface area contributed by atoms with Gasteiger partial charge in [0, 0.05) is 13.2 Å². The molecule has 9 heavy (non-hydrogen) atoms. The molecule has 56 valence electrons. The van der Waals surface area contributed by atoms with Crippen LogP contribution in [0.5, 0.6) is 0 Å². The van der Waals surface area contributed by atoms with Crippen LogP contribution in [0.25, 0.3) is 0 Å². The smallest absolute Gasteiger partial charge is 0.269 e. The SMILES string of the molecule is C=CN(C)S(=O)(=O)O.Cl. The molecule has 0 aromatic carbocycles. The van der Waals surface area contributed by atoms with Gasteiger partial charge in [0.15, 0.2) is 0 Å². The van der Waals surface area contributed by atoms with Crippen LogP contribution in [0.1, 0.15) is 0 Å². The minimum atomic E-state index is -4.04. The topological polar surface area (TPSA) is 57.6 Å². The summed E-state index contributed by atoms with van der Waals surface area (Å²) in [6, 6.07) is 0. The van der Waals surface area contributed by atoms with E-state index >= 15 is 0 Å². The molecule has 6 heteroatoms. The van der Waals surface area contributed by atoms with Crippen LogP contribution in [0.4, 0.5) is 0 Å². The van der Waals surface area contributed by atoms with Gasteiger partial charge in [-0.15, -0.1) is 12.4 Å². The second-order valence-corrected chi connectivity index (χ2v) is 2.65. The first-order valence-electron chi connectivity index (χ1n) is 1.81. The molecule has 0 radical (unpaired) electrons. The largest absolute Gasteiger partial charge is 0.359 e. The zero-order valence-electron chi connectivity index (χ0n) is 4.81. The van der Waals surface area contributed by atoms with E-state index in [-0.39, 0.29) is 12.4 Å². The Labute approximate surface area is 60.5 Å². The lowest BCUT2D eigenvalue weighted by Gasteiger charge is -2.05. The molecule has 0 aliphatic rings. The van der Waals surface area contributed by atoms with E-state index in [4.69, 9.17) is 4.55 Å².